The molecule has 0 heterocycles. The molecule has 5 nitrogen and oxygen atoms in total. The van der Waals surface area contributed by atoms with Crippen LogP contribution in [0.25, 0.3) is 0 Å². The molecule has 0 saturated heterocycles. The van der Waals surface area contributed by atoms with E-state index in [1.54, 1.807) is 0 Å². The minimum absolute atomic E-state index is 0.748. The van der Waals surface area contributed by atoms with Crippen LogP contribution in [0.15, 0.2) is 12.7 Å². The summed E-state index contributed by atoms with van der Waals surface area (Å²) in [4.78, 5) is 0. The first-order valence-electron chi connectivity index (χ1n) is 17.0. The Hall–Kier alpha value is -0.460. The number of unbranched alkanes of at least 4 members (excludes halogenated alkanes) is 18. The normalized spacial score (nSPS) is 11.9. The van der Waals surface area contributed by atoms with Crippen molar-refractivity contribution < 1.29 is 0 Å². The monoisotopic (exact) mass is 538 g/mol. The molecular formula is C33H71N5. The Morgan fingerprint density at radius 2 is 0.737 bits per heavy atom. The molecule has 38 heavy (non-hydrogen) atoms. The van der Waals surface area contributed by atoms with Gasteiger partial charge in [-0.1, -0.05) is 135 Å². The van der Waals surface area contributed by atoms with Gasteiger partial charge in [-0.05, 0) is 38.8 Å². The number of hydrogen-bond acceptors (Lipinski definition) is 5. The molecule has 0 aromatic rings. The van der Waals surface area contributed by atoms with Crippen molar-refractivity contribution in [1.82, 2.24) is 15.1 Å². The number of hydrogen-bond donors (Lipinski definition) is 2. The van der Waals surface area contributed by atoms with Gasteiger partial charge in [-0.3, -0.25) is 0 Å². The van der Waals surface area contributed by atoms with Crippen molar-refractivity contribution in [3.8, 4) is 0 Å². The Morgan fingerprint density at radius 3 is 1.03 bits per heavy atom. The van der Waals surface area contributed by atoms with Crippen molar-refractivity contribution in [1.29, 1.82) is 0 Å². The van der Waals surface area contributed by atoms with Crippen LogP contribution in [0.3, 0.4) is 0 Å². The summed E-state index contributed by atoms with van der Waals surface area (Å²) in [6, 6.07) is 0. The van der Waals surface area contributed by atoms with Crippen LogP contribution in [0.2, 0.25) is 0 Å². The van der Waals surface area contributed by atoms with E-state index in [0.717, 1.165) is 58.7 Å². The van der Waals surface area contributed by atoms with Crippen LogP contribution in [0.5, 0.6) is 0 Å². The Labute approximate surface area is 240 Å². The summed E-state index contributed by atoms with van der Waals surface area (Å²) in [6.07, 6.45) is 31.7. The summed E-state index contributed by atoms with van der Waals surface area (Å²) >= 11 is 0. The van der Waals surface area contributed by atoms with Crippen molar-refractivity contribution in [2.24, 2.45) is 11.5 Å². The van der Waals surface area contributed by atoms with E-state index in [-0.39, 0.29) is 0 Å². The Bertz CT molecular complexity index is 423. The van der Waals surface area contributed by atoms with E-state index in [9.17, 15) is 0 Å². The average molecular weight is 538 g/mol. The molecule has 0 fully saturated rings. The minimum atomic E-state index is 0.748. The molecule has 0 aliphatic heterocycles. The lowest BCUT2D eigenvalue weighted by Gasteiger charge is -2.42. The van der Waals surface area contributed by atoms with Crippen LogP contribution in [-0.4, -0.2) is 60.9 Å². The van der Waals surface area contributed by atoms with Crippen LogP contribution in [0.1, 0.15) is 155 Å². The molecule has 0 saturated carbocycles. The van der Waals surface area contributed by atoms with Crippen molar-refractivity contribution in [2.45, 2.75) is 155 Å². The average Bonchev–Trinajstić information content (AvgIpc) is 2.93. The van der Waals surface area contributed by atoms with Gasteiger partial charge >= 0.3 is 0 Å². The van der Waals surface area contributed by atoms with E-state index < -0.39 is 0 Å². The van der Waals surface area contributed by atoms with Gasteiger partial charge in [-0.2, -0.15) is 5.12 Å². The zero-order valence-electron chi connectivity index (χ0n) is 26.3. The highest BCUT2D eigenvalue weighted by Gasteiger charge is 2.20. The number of rotatable bonds is 32. The fourth-order valence-corrected chi connectivity index (χ4v) is 5.32. The molecular weight excluding hydrogens is 466 g/mol. The fraction of sp³-hybridized carbons (Fsp3) is 0.939. The highest BCUT2D eigenvalue weighted by Crippen LogP contribution is 2.15. The largest absolute Gasteiger partial charge is 0.330 e. The molecule has 0 unspecified atom stereocenters. The van der Waals surface area contributed by atoms with Gasteiger partial charge in [0.1, 0.15) is 0 Å². The van der Waals surface area contributed by atoms with E-state index in [2.05, 4.69) is 41.6 Å². The third-order valence-corrected chi connectivity index (χ3v) is 7.73. The van der Waals surface area contributed by atoms with Crippen LogP contribution in [-0.2, 0) is 0 Å². The predicted octanol–water partition coefficient (Wildman–Crippen LogP) is 8.45. The maximum absolute atomic E-state index is 5.94. The lowest BCUT2D eigenvalue weighted by molar-refractivity contribution is -0.180. The molecule has 0 rings (SSSR count). The summed E-state index contributed by atoms with van der Waals surface area (Å²) in [7, 11) is 0. The second kappa shape index (κ2) is 31.1. The highest BCUT2D eigenvalue weighted by molar-refractivity contribution is 4.73. The van der Waals surface area contributed by atoms with Crippen LogP contribution in [0, 0.1) is 0 Å². The van der Waals surface area contributed by atoms with E-state index in [4.69, 9.17) is 11.5 Å². The van der Waals surface area contributed by atoms with E-state index in [0.29, 0.717) is 0 Å². The molecule has 0 aliphatic carbocycles. The van der Waals surface area contributed by atoms with Crippen LogP contribution in [0.4, 0.5) is 0 Å². The molecule has 0 atom stereocenters. The predicted molar refractivity (Wildman–Crippen MR) is 171 cm³/mol. The molecule has 228 valence electrons. The number of nitrogens with two attached hydrogens (primary N) is 2. The standard InChI is InChI=1S/C33H71N5/c1-4-7-9-11-13-15-17-19-21-23-30-36(32-25-27-34)38(29-6-3)37(33-26-28-35)31-24-22-20-18-16-14-12-10-8-5-2/h6H,3-5,7-35H2,1-2H3. The van der Waals surface area contributed by atoms with Crippen LogP contribution >= 0.6 is 0 Å². The Morgan fingerprint density at radius 1 is 0.447 bits per heavy atom. The summed E-state index contributed by atoms with van der Waals surface area (Å²) in [5.74, 6) is 0. The Balaban J connectivity index is 4.57. The maximum atomic E-state index is 5.94. The SMILES string of the molecule is C=CCN(N(CCCN)CCCCCCCCCCCC)N(CCCN)CCCCCCCCCCCC. The van der Waals surface area contributed by atoms with Gasteiger partial charge in [0.05, 0.1) is 0 Å². The van der Waals surface area contributed by atoms with Crippen molar-refractivity contribution in [3.05, 3.63) is 12.7 Å². The zero-order chi connectivity index (χ0) is 27.9. The Kier molecular flexibility index (Phi) is 30.7. The van der Waals surface area contributed by atoms with Gasteiger partial charge < -0.3 is 11.5 Å². The van der Waals surface area contributed by atoms with Crippen molar-refractivity contribution in [2.75, 3.05) is 45.8 Å². The lowest BCUT2D eigenvalue weighted by atomic mass is 10.1. The van der Waals surface area contributed by atoms with E-state index >= 15 is 0 Å². The molecule has 0 spiro atoms. The molecule has 0 aromatic heterocycles. The second-order valence-electron chi connectivity index (χ2n) is 11.4. The van der Waals surface area contributed by atoms with Crippen molar-refractivity contribution in [3.63, 3.8) is 0 Å². The van der Waals surface area contributed by atoms with Gasteiger partial charge in [0.2, 0.25) is 0 Å². The number of nitrogens with zero attached hydrogens (tertiary/aromatic N) is 3. The minimum Gasteiger partial charge on any atom is -0.330 e. The van der Waals surface area contributed by atoms with Gasteiger partial charge in [-0.15, -0.1) is 6.58 Å². The van der Waals surface area contributed by atoms with Gasteiger partial charge in [-0.25, -0.2) is 10.0 Å². The first-order valence-corrected chi connectivity index (χ1v) is 17.0. The summed E-state index contributed by atoms with van der Waals surface area (Å²) in [5, 5.41) is 7.61. The maximum Gasteiger partial charge on any atom is 0.0471 e. The first kappa shape index (κ1) is 37.5. The molecule has 5 heteroatoms. The third kappa shape index (κ3) is 23.4. The number of hydrazine groups is 2. The highest BCUT2D eigenvalue weighted by atomic mass is 15.9. The lowest BCUT2D eigenvalue weighted by Crippen LogP contribution is -2.55. The van der Waals surface area contributed by atoms with Gasteiger partial charge in [0.15, 0.2) is 0 Å². The van der Waals surface area contributed by atoms with Gasteiger partial charge in [0.25, 0.3) is 0 Å². The van der Waals surface area contributed by atoms with Gasteiger partial charge in [0, 0.05) is 32.7 Å². The third-order valence-electron chi connectivity index (χ3n) is 7.73. The molecule has 0 amide bonds. The first-order chi connectivity index (χ1) is 18.7. The molecule has 4 N–H and O–H groups in total. The molecule has 0 bridgehead atoms. The summed E-state index contributed by atoms with van der Waals surface area (Å²) in [6.45, 7) is 15.3. The quantitative estimate of drug-likeness (QED) is 0.0512. The topological polar surface area (TPSA) is 61.8 Å². The van der Waals surface area contributed by atoms with E-state index in [1.165, 1.54) is 128 Å². The molecule has 0 aliphatic rings. The smallest absolute Gasteiger partial charge is 0.0471 e. The summed E-state index contributed by atoms with van der Waals surface area (Å²) < 4.78 is 0. The van der Waals surface area contributed by atoms with Crippen LogP contribution < -0.4 is 11.5 Å². The molecule has 0 aromatic carbocycles. The summed E-state index contributed by atoms with van der Waals surface area (Å²) in [5.41, 5.74) is 11.9. The van der Waals surface area contributed by atoms with E-state index in [1.807, 2.05) is 0 Å². The molecule has 0 radical (unpaired) electrons. The fourth-order valence-electron chi connectivity index (χ4n) is 5.32. The second-order valence-corrected chi connectivity index (χ2v) is 11.4. The zero-order valence-corrected chi connectivity index (χ0v) is 26.3. The van der Waals surface area contributed by atoms with Crippen molar-refractivity contribution >= 4 is 0 Å².